The Morgan fingerprint density at radius 3 is 1.71 bits per heavy atom. The summed E-state index contributed by atoms with van der Waals surface area (Å²) >= 11 is 0. The monoisotopic (exact) mass is 184 g/mol. The van der Waals surface area contributed by atoms with Gasteiger partial charge >= 0.3 is 13.8 Å². The van der Waals surface area contributed by atoms with Crippen molar-refractivity contribution in [2.75, 3.05) is 0 Å². The van der Waals surface area contributed by atoms with Crippen LogP contribution >= 0.6 is 0 Å². The van der Waals surface area contributed by atoms with Crippen LogP contribution in [-0.2, 0) is 0 Å². The van der Waals surface area contributed by atoms with Crippen molar-refractivity contribution in [2.45, 2.75) is 12.8 Å². The lowest BCUT2D eigenvalue weighted by molar-refractivity contribution is 0.577. The summed E-state index contributed by atoms with van der Waals surface area (Å²) in [5.41, 5.74) is 3.78. The molecule has 0 fully saturated rings. The van der Waals surface area contributed by atoms with Crippen LogP contribution in [0.3, 0.4) is 0 Å². The molecule has 1 aliphatic heterocycles. The number of allylic oxidation sites excluding steroid dienone is 8. The molecule has 3 rings (SSSR count). The third kappa shape index (κ3) is 0.900. The van der Waals surface area contributed by atoms with E-state index in [9.17, 15) is 10.0 Å². The molecular weight excluding hydrogens is 174 g/mol. The molecule has 0 bridgehead atoms. The Labute approximate surface area is 83.6 Å². The van der Waals surface area contributed by atoms with Crippen LogP contribution in [0.15, 0.2) is 46.2 Å². The summed E-state index contributed by atoms with van der Waals surface area (Å²) < 4.78 is 0. The van der Waals surface area contributed by atoms with Crippen molar-refractivity contribution in [3.63, 3.8) is 0 Å². The minimum atomic E-state index is -0.489. The van der Waals surface area contributed by atoms with Crippen molar-refractivity contribution in [3.8, 4) is 0 Å². The molecule has 14 heavy (non-hydrogen) atoms. The topological polar surface area (TPSA) is 40.5 Å². The largest absolute Gasteiger partial charge is 0.443 e. The van der Waals surface area contributed by atoms with Crippen LogP contribution in [0.25, 0.3) is 0 Å². The van der Waals surface area contributed by atoms with Crippen LogP contribution in [0.1, 0.15) is 12.8 Å². The van der Waals surface area contributed by atoms with E-state index >= 15 is 0 Å². The first-order valence-electron chi connectivity index (χ1n) is 4.94. The van der Waals surface area contributed by atoms with Gasteiger partial charge in [-0.05, 0) is 12.8 Å². The zero-order chi connectivity index (χ0) is 9.71. The quantitative estimate of drug-likeness (QED) is 0.542. The number of hydrogen-bond acceptors (Lipinski definition) is 2. The van der Waals surface area contributed by atoms with E-state index in [1.165, 1.54) is 0 Å². The van der Waals surface area contributed by atoms with Crippen LogP contribution in [0.4, 0.5) is 0 Å². The fourth-order valence-electron chi connectivity index (χ4n) is 2.52. The van der Waals surface area contributed by atoms with Gasteiger partial charge in [0.1, 0.15) is 0 Å². The van der Waals surface area contributed by atoms with Gasteiger partial charge in [-0.2, -0.15) is 0 Å². The molecule has 2 nitrogen and oxygen atoms in total. The molecule has 1 heterocycles. The Hall–Kier alpha value is -0.990. The van der Waals surface area contributed by atoms with Crippen molar-refractivity contribution >= 4 is 13.8 Å². The Bertz CT molecular complexity index is 378. The third-order valence-electron chi connectivity index (χ3n) is 3.26. The predicted molar refractivity (Wildman–Crippen MR) is 57.5 cm³/mol. The molecule has 4 heteroatoms. The number of hydrogen-bond donors (Lipinski definition) is 2. The molecule has 68 valence electrons. The molecule has 0 saturated carbocycles. The standard InChI is InChI=1S/C10H10B2O2/c13-11-7-3-1-4-8(7)12(14)10-6-2-5-9(10)11/h1-3,6,13-14H,4-5H2. The summed E-state index contributed by atoms with van der Waals surface area (Å²) in [5.74, 6) is 0. The van der Waals surface area contributed by atoms with E-state index in [0.29, 0.717) is 0 Å². The normalized spacial score (nSPS) is 23.9. The molecule has 0 aromatic heterocycles. The van der Waals surface area contributed by atoms with E-state index in [2.05, 4.69) is 0 Å². The van der Waals surface area contributed by atoms with E-state index in [4.69, 9.17) is 0 Å². The molecule has 0 aromatic carbocycles. The first-order valence-corrected chi connectivity index (χ1v) is 4.94. The second-order valence-electron chi connectivity index (χ2n) is 3.98. The van der Waals surface area contributed by atoms with E-state index < -0.39 is 13.8 Å². The van der Waals surface area contributed by atoms with Gasteiger partial charge in [0.2, 0.25) is 0 Å². The maximum atomic E-state index is 10.0. The van der Waals surface area contributed by atoms with Gasteiger partial charge in [0, 0.05) is 0 Å². The molecule has 0 spiro atoms. The summed E-state index contributed by atoms with van der Waals surface area (Å²) in [5, 5.41) is 20.1. The van der Waals surface area contributed by atoms with Gasteiger partial charge in [-0.15, -0.1) is 0 Å². The molecule has 0 radical (unpaired) electrons. The molecule has 3 aliphatic rings. The minimum absolute atomic E-state index is 0.489. The van der Waals surface area contributed by atoms with Crippen LogP contribution in [0, 0.1) is 0 Å². The molecule has 0 amide bonds. The second-order valence-corrected chi connectivity index (χ2v) is 3.98. The van der Waals surface area contributed by atoms with Gasteiger partial charge in [0.05, 0.1) is 0 Å². The summed E-state index contributed by atoms with van der Waals surface area (Å²) in [6.45, 7) is -0.978. The van der Waals surface area contributed by atoms with Gasteiger partial charge < -0.3 is 10.0 Å². The van der Waals surface area contributed by atoms with Crippen LogP contribution < -0.4 is 0 Å². The predicted octanol–water partition coefficient (Wildman–Crippen LogP) is 0.637. The lowest BCUT2D eigenvalue weighted by Gasteiger charge is -2.22. The zero-order valence-corrected chi connectivity index (χ0v) is 7.77. The van der Waals surface area contributed by atoms with Crippen molar-refractivity contribution in [1.29, 1.82) is 0 Å². The molecule has 0 aromatic rings. The highest BCUT2D eigenvalue weighted by Crippen LogP contribution is 2.37. The van der Waals surface area contributed by atoms with E-state index in [-0.39, 0.29) is 0 Å². The summed E-state index contributed by atoms with van der Waals surface area (Å²) in [7, 11) is 0. The van der Waals surface area contributed by atoms with E-state index in [0.717, 1.165) is 34.7 Å². The van der Waals surface area contributed by atoms with Gasteiger partial charge in [0.15, 0.2) is 0 Å². The fraction of sp³-hybridized carbons (Fsp3) is 0.200. The summed E-state index contributed by atoms with van der Waals surface area (Å²) in [6, 6.07) is 0. The summed E-state index contributed by atoms with van der Waals surface area (Å²) in [4.78, 5) is 0. The Morgan fingerprint density at radius 1 is 0.857 bits per heavy atom. The van der Waals surface area contributed by atoms with Crippen LogP contribution in [0.5, 0.6) is 0 Å². The maximum Gasteiger partial charge on any atom is 0.353 e. The van der Waals surface area contributed by atoms with E-state index in [1.54, 1.807) is 0 Å². The van der Waals surface area contributed by atoms with Crippen LogP contribution in [0.2, 0.25) is 0 Å². The third-order valence-corrected chi connectivity index (χ3v) is 3.26. The first-order chi connectivity index (χ1) is 6.79. The average Bonchev–Trinajstić information content (AvgIpc) is 2.82. The summed E-state index contributed by atoms with van der Waals surface area (Å²) in [6.07, 6.45) is 9.43. The SMILES string of the molecule is OB1C2=C(CC=C2)B(O)C2=C1CC=C2. The zero-order valence-electron chi connectivity index (χ0n) is 7.77. The highest BCUT2D eigenvalue weighted by atomic mass is 16.2. The first kappa shape index (κ1) is 8.33. The minimum Gasteiger partial charge on any atom is -0.443 e. The Kier molecular flexibility index (Phi) is 1.64. The molecule has 0 saturated heterocycles. The smallest absolute Gasteiger partial charge is 0.353 e. The van der Waals surface area contributed by atoms with Crippen LogP contribution in [-0.4, -0.2) is 23.9 Å². The highest BCUT2D eigenvalue weighted by Gasteiger charge is 2.39. The number of rotatable bonds is 0. The molecule has 2 N–H and O–H groups in total. The molecule has 0 atom stereocenters. The van der Waals surface area contributed by atoms with Gasteiger partial charge in [0.25, 0.3) is 0 Å². The van der Waals surface area contributed by atoms with Gasteiger partial charge in [-0.1, -0.05) is 46.2 Å². The van der Waals surface area contributed by atoms with Crippen molar-refractivity contribution < 1.29 is 10.0 Å². The molecule has 2 aliphatic carbocycles. The molecular formula is C10H10B2O2. The fourth-order valence-corrected chi connectivity index (χ4v) is 2.52. The Morgan fingerprint density at radius 2 is 1.29 bits per heavy atom. The van der Waals surface area contributed by atoms with Crippen molar-refractivity contribution in [3.05, 3.63) is 46.2 Å². The molecule has 0 unspecified atom stereocenters. The maximum absolute atomic E-state index is 10.0. The van der Waals surface area contributed by atoms with Crippen molar-refractivity contribution in [2.24, 2.45) is 0 Å². The average molecular weight is 184 g/mol. The van der Waals surface area contributed by atoms with Gasteiger partial charge in [-0.3, -0.25) is 0 Å². The lowest BCUT2D eigenvalue weighted by Crippen LogP contribution is -2.33. The van der Waals surface area contributed by atoms with Crippen molar-refractivity contribution in [1.82, 2.24) is 0 Å². The van der Waals surface area contributed by atoms with Gasteiger partial charge in [-0.25, -0.2) is 0 Å². The van der Waals surface area contributed by atoms with E-state index in [1.807, 2.05) is 24.3 Å². The highest BCUT2D eigenvalue weighted by molar-refractivity contribution is 6.80. The lowest BCUT2D eigenvalue weighted by atomic mass is 9.37. The Balaban J connectivity index is 2.10. The second kappa shape index (κ2) is 2.75.